The number of benzene rings is 1. The zero-order valence-electron chi connectivity index (χ0n) is 13.0. The van der Waals surface area contributed by atoms with Crippen LogP contribution in [0.2, 0.25) is 0 Å². The lowest BCUT2D eigenvalue weighted by Gasteiger charge is -2.16. The van der Waals surface area contributed by atoms with E-state index in [4.69, 9.17) is 5.11 Å². The topological polar surface area (TPSA) is 105 Å². The van der Waals surface area contributed by atoms with Gasteiger partial charge in [-0.3, -0.25) is 15.1 Å². The Labute approximate surface area is 138 Å². The van der Waals surface area contributed by atoms with E-state index in [-0.39, 0.29) is 5.56 Å². The van der Waals surface area contributed by atoms with Crippen molar-refractivity contribution >= 4 is 17.3 Å². The molecule has 0 bridgehead atoms. The Balaban J connectivity index is 1.76. The second-order valence-electron chi connectivity index (χ2n) is 5.76. The number of fused-ring (bicyclic) bond motifs is 1. The number of hydrogen-bond donors (Lipinski definition) is 2. The van der Waals surface area contributed by atoms with Gasteiger partial charge in [0.1, 0.15) is 5.56 Å². The number of nitrogens with zero attached hydrogens (tertiary/aromatic N) is 2. The third-order valence-corrected chi connectivity index (χ3v) is 4.13. The molecule has 24 heavy (non-hydrogen) atoms. The van der Waals surface area contributed by atoms with Crippen LogP contribution in [0.4, 0.5) is 11.4 Å². The summed E-state index contributed by atoms with van der Waals surface area (Å²) in [5.41, 5.74) is 3.07. The molecule has 1 aromatic heterocycles. The molecule has 1 aliphatic carbocycles. The number of rotatable bonds is 5. The molecule has 1 heterocycles. The summed E-state index contributed by atoms with van der Waals surface area (Å²) in [5, 5.41) is 23.1. The summed E-state index contributed by atoms with van der Waals surface area (Å²) in [6, 6.07) is 8.03. The summed E-state index contributed by atoms with van der Waals surface area (Å²) >= 11 is 0. The molecule has 2 aromatic rings. The van der Waals surface area contributed by atoms with Gasteiger partial charge in [-0.25, -0.2) is 4.79 Å². The van der Waals surface area contributed by atoms with Crippen molar-refractivity contribution in [3.63, 3.8) is 0 Å². The van der Waals surface area contributed by atoms with Gasteiger partial charge in [0.05, 0.1) is 17.2 Å². The van der Waals surface area contributed by atoms with Gasteiger partial charge in [0.2, 0.25) is 0 Å². The Bertz CT molecular complexity index is 804. The maximum absolute atomic E-state index is 11.2. The first-order valence-electron chi connectivity index (χ1n) is 7.78. The minimum absolute atomic E-state index is 0.330. The highest BCUT2D eigenvalue weighted by Crippen LogP contribution is 2.24. The van der Waals surface area contributed by atoms with E-state index in [0.717, 1.165) is 30.7 Å². The maximum Gasteiger partial charge on any atom is 0.342 e. The number of nitro groups is 1. The van der Waals surface area contributed by atoms with Gasteiger partial charge >= 0.3 is 5.97 Å². The fraction of sp³-hybridized carbons (Fsp3) is 0.294. The molecular formula is C17H17N3O4. The number of aromatic nitrogens is 1. The SMILES string of the molecule is O=C(O)c1cc(NCc2ccc3c(n2)CCCC3)ccc1[N+](=O)[O-]. The number of nitrogens with one attached hydrogen (secondary N) is 1. The molecule has 1 aliphatic rings. The van der Waals surface area contributed by atoms with Crippen LogP contribution in [0.5, 0.6) is 0 Å². The molecule has 0 spiro atoms. The quantitative estimate of drug-likeness (QED) is 0.645. The van der Waals surface area contributed by atoms with Crippen molar-refractivity contribution in [3.8, 4) is 0 Å². The highest BCUT2D eigenvalue weighted by molar-refractivity contribution is 5.93. The van der Waals surface area contributed by atoms with Crippen molar-refractivity contribution in [1.29, 1.82) is 0 Å². The molecule has 0 aliphatic heterocycles. The van der Waals surface area contributed by atoms with Crippen molar-refractivity contribution in [2.45, 2.75) is 32.2 Å². The summed E-state index contributed by atoms with van der Waals surface area (Å²) in [5.74, 6) is -1.32. The van der Waals surface area contributed by atoms with Crippen molar-refractivity contribution in [1.82, 2.24) is 4.98 Å². The highest BCUT2D eigenvalue weighted by Gasteiger charge is 2.20. The minimum Gasteiger partial charge on any atom is -0.477 e. The van der Waals surface area contributed by atoms with E-state index in [1.165, 1.54) is 30.2 Å². The second-order valence-corrected chi connectivity index (χ2v) is 5.76. The lowest BCUT2D eigenvalue weighted by Crippen LogP contribution is -2.10. The summed E-state index contributed by atoms with van der Waals surface area (Å²) in [6.07, 6.45) is 4.42. The molecule has 0 saturated heterocycles. The number of hydrogen-bond acceptors (Lipinski definition) is 5. The van der Waals surface area contributed by atoms with Gasteiger partial charge in [0, 0.05) is 17.4 Å². The molecular weight excluding hydrogens is 310 g/mol. The normalized spacial score (nSPS) is 13.2. The van der Waals surface area contributed by atoms with Crippen LogP contribution in [0.3, 0.4) is 0 Å². The van der Waals surface area contributed by atoms with E-state index in [2.05, 4.69) is 16.4 Å². The summed E-state index contributed by atoms with van der Waals surface area (Å²) < 4.78 is 0. The fourth-order valence-electron chi connectivity index (χ4n) is 2.89. The number of aromatic carboxylic acids is 1. The van der Waals surface area contributed by atoms with Crippen LogP contribution in [-0.4, -0.2) is 21.0 Å². The number of aryl methyl sites for hydroxylation is 2. The average Bonchev–Trinajstić information content (AvgIpc) is 2.59. The van der Waals surface area contributed by atoms with E-state index in [9.17, 15) is 14.9 Å². The van der Waals surface area contributed by atoms with E-state index in [1.54, 1.807) is 0 Å². The number of carboxylic acids is 1. The van der Waals surface area contributed by atoms with Gasteiger partial charge in [-0.2, -0.15) is 0 Å². The molecule has 0 saturated carbocycles. The van der Waals surface area contributed by atoms with Crippen LogP contribution in [0.15, 0.2) is 30.3 Å². The molecule has 0 atom stereocenters. The van der Waals surface area contributed by atoms with Gasteiger partial charge in [-0.1, -0.05) is 6.07 Å². The van der Waals surface area contributed by atoms with E-state index in [1.807, 2.05) is 6.07 Å². The van der Waals surface area contributed by atoms with Crippen LogP contribution >= 0.6 is 0 Å². The summed E-state index contributed by atoms with van der Waals surface area (Å²) in [6.45, 7) is 0.435. The van der Waals surface area contributed by atoms with Gasteiger partial charge in [0.25, 0.3) is 5.69 Å². The van der Waals surface area contributed by atoms with Crippen molar-refractivity contribution in [3.05, 3.63) is 63.0 Å². The number of nitro benzene ring substituents is 1. The Kier molecular flexibility index (Phi) is 4.41. The van der Waals surface area contributed by atoms with Gasteiger partial charge in [0.15, 0.2) is 0 Å². The van der Waals surface area contributed by atoms with Crippen LogP contribution in [0, 0.1) is 10.1 Å². The molecule has 2 N–H and O–H groups in total. The van der Waals surface area contributed by atoms with E-state index < -0.39 is 16.6 Å². The molecule has 0 unspecified atom stereocenters. The second kappa shape index (κ2) is 6.66. The standard InChI is InChI=1S/C17H17N3O4/c21-17(22)14-9-12(7-8-16(14)20(23)24)18-10-13-6-5-11-3-1-2-4-15(11)19-13/h5-9,18H,1-4,10H2,(H,21,22). The van der Waals surface area contributed by atoms with Gasteiger partial charge < -0.3 is 10.4 Å². The first-order chi connectivity index (χ1) is 11.5. The largest absolute Gasteiger partial charge is 0.477 e. The van der Waals surface area contributed by atoms with E-state index >= 15 is 0 Å². The highest BCUT2D eigenvalue weighted by atomic mass is 16.6. The smallest absolute Gasteiger partial charge is 0.342 e. The zero-order chi connectivity index (χ0) is 17.1. The Morgan fingerprint density at radius 1 is 1.25 bits per heavy atom. The predicted molar refractivity (Wildman–Crippen MR) is 88.3 cm³/mol. The predicted octanol–water partition coefficient (Wildman–Crippen LogP) is 3.18. The zero-order valence-corrected chi connectivity index (χ0v) is 13.0. The molecule has 1 aromatic carbocycles. The summed E-state index contributed by atoms with van der Waals surface area (Å²) in [7, 11) is 0. The van der Waals surface area contributed by atoms with Crippen molar-refractivity contribution < 1.29 is 14.8 Å². The van der Waals surface area contributed by atoms with Crippen LogP contribution in [0.1, 0.15) is 40.2 Å². The number of pyridine rings is 1. The summed E-state index contributed by atoms with van der Waals surface area (Å²) in [4.78, 5) is 26.0. The van der Waals surface area contributed by atoms with Crippen molar-refractivity contribution in [2.75, 3.05) is 5.32 Å². The Morgan fingerprint density at radius 2 is 2.04 bits per heavy atom. The van der Waals surface area contributed by atoms with E-state index in [0.29, 0.717) is 12.2 Å². The van der Waals surface area contributed by atoms with Crippen LogP contribution < -0.4 is 5.32 Å². The molecule has 0 amide bonds. The van der Waals surface area contributed by atoms with Gasteiger partial charge in [-0.15, -0.1) is 0 Å². The Hall–Kier alpha value is -2.96. The fourth-order valence-corrected chi connectivity index (χ4v) is 2.89. The molecule has 7 heteroatoms. The number of carboxylic acid groups (broad SMARTS) is 1. The molecule has 0 fully saturated rings. The van der Waals surface area contributed by atoms with Crippen LogP contribution in [-0.2, 0) is 19.4 Å². The maximum atomic E-state index is 11.2. The molecule has 0 radical (unpaired) electrons. The lowest BCUT2D eigenvalue weighted by molar-refractivity contribution is -0.385. The van der Waals surface area contributed by atoms with Crippen LogP contribution in [0.25, 0.3) is 0 Å². The lowest BCUT2D eigenvalue weighted by atomic mass is 9.96. The monoisotopic (exact) mass is 327 g/mol. The minimum atomic E-state index is -1.32. The van der Waals surface area contributed by atoms with Gasteiger partial charge in [-0.05, 0) is 49.4 Å². The molecule has 7 nitrogen and oxygen atoms in total. The number of carbonyl (C=O) groups is 1. The number of anilines is 1. The Morgan fingerprint density at radius 3 is 2.79 bits per heavy atom. The first kappa shape index (κ1) is 15.9. The first-order valence-corrected chi connectivity index (χ1v) is 7.78. The third-order valence-electron chi connectivity index (χ3n) is 4.13. The molecule has 124 valence electrons. The average molecular weight is 327 g/mol. The molecule has 3 rings (SSSR count). The third kappa shape index (κ3) is 3.34. The van der Waals surface area contributed by atoms with Crippen molar-refractivity contribution in [2.24, 2.45) is 0 Å².